The molecule has 19 heavy (non-hydrogen) atoms. The lowest BCUT2D eigenvalue weighted by atomic mass is 10.1. The van der Waals surface area contributed by atoms with E-state index in [0.29, 0.717) is 11.4 Å². The van der Waals surface area contributed by atoms with E-state index < -0.39 is 5.97 Å². The largest absolute Gasteiger partial charge is 0.482 e. The minimum atomic E-state index is -0.450. The summed E-state index contributed by atoms with van der Waals surface area (Å²) in [6.07, 6.45) is 0.782. The maximum absolute atomic E-state index is 11.7. The zero-order chi connectivity index (χ0) is 14.3. The molecule has 1 aromatic rings. The highest BCUT2D eigenvalue weighted by Crippen LogP contribution is 2.18. The number of carbonyl (C=O) groups is 2. The number of amides is 1. The smallest absolute Gasteiger partial charge is 0.343 e. The van der Waals surface area contributed by atoms with E-state index in [4.69, 9.17) is 4.74 Å². The Morgan fingerprint density at radius 2 is 2.11 bits per heavy atom. The van der Waals surface area contributed by atoms with Gasteiger partial charge in [0.15, 0.2) is 6.61 Å². The molecule has 1 amide bonds. The Bertz CT molecular complexity index is 445. The van der Waals surface area contributed by atoms with Gasteiger partial charge in [0.05, 0.1) is 7.11 Å². The molecule has 1 rings (SSSR count). The Morgan fingerprint density at radius 1 is 1.37 bits per heavy atom. The number of ether oxygens (including phenoxy) is 2. The van der Waals surface area contributed by atoms with Crippen LogP contribution >= 0.6 is 0 Å². The number of methoxy groups -OCH3 is 1. The van der Waals surface area contributed by atoms with Gasteiger partial charge in [-0.05, 0) is 18.6 Å². The van der Waals surface area contributed by atoms with Crippen LogP contribution < -0.4 is 10.1 Å². The summed E-state index contributed by atoms with van der Waals surface area (Å²) in [6, 6.07) is 6.90. The average Bonchev–Trinajstić information content (AvgIpc) is 2.44. The molecule has 0 saturated carbocycles. The summed E-state index contributed by atoms with van der Waals surface area (Å²) >= 11 is 0. The van der Waals surface area contributed by atoms with Gasteiger partial charge in [0.25, 0.3) is 0 Å². The maximum atomic E-state index is 11.7. The molecule has 0 spiro atoms. The summed E-state index contributed by atoms with van der Waals surface area (Å²) in [5.74, 6) is -0.0198. The van der Waals surface area contributed by atoms with Crippen LogP contribution in [0.25, 0.3) is 0 Å². The van der Waals surface area contributed by atoms with Crippen molar-refractivity contribution in [2.75, 3.05) is 19.0 Å². The number of benzene rings is 1. The number of hydrogen-bond donors (Lipinski definition) is 1. The molecule has 1 aromatic carbocycles. The average molecular weight is 265 g/mol. The van der Waals surface area contributed by atoms with Crippen LogP contribution in [0.5, 0.6) is 5.75 Å². The number of anilines is 1. The molecule has 5 nitrogen and oxygen atoms in total. The van der Waals surface area contributed by atoms with E-state index in [1.54, 1.807) is 24.3 Å². The van der Waals surface area contributed by atoms with Gasteiger partial charge >= 0.3 is 5.97 Å². The Labute approximate surface area is 112 Å². The molecule has 1 N–H and O–H groups in total. The summed E-state index contributed by atoms with van der Waals surface area (Å²) in [7, 11) is 1.30. The van der Waals surface area contributed by atoms with E-state index in [-0.39, 0.29) is 18.4 Å². The van der Waals surface area contributed by atoms with Crippen LogP contribution in [0.2, 0.25) is 0 Å². The summed E-state index contributed by atoms with van der Waals surface area (Å²) in [4.78, 5) is 22.7. The van der Waals surface area contributed by atoms with E-state index in [1.165, 1.54) is 7.11 Å². The summed E-state index contributed by atoms with van der Waals surface area (Å²) in [6.45, 7) is 3.67. The van der Waals surface area contributed by atoms with Gasteiger partial charge in [0, 0.05) is 17.7 Å². The van der Waals surface area contributed by atoms with E-state index >= 15 is 0 Å². The first-order chi connectivity index (χ1) is 9.06. The lowest BCUT2D eigenvalue weighted by Gasteiger charge is -2.11. The standard InChI is InChI=1S/C14H19NO4/c1-4-10(2)14(17)15-11-6-5-7-12(8-11)19-9-13(16)18-3/h5-8,10H,4,9H2,1-3H3,(H,15,17). The van der Waals surface area contributed by atoms with Crippen molar-refractivity contribution < 1.29 is 19.1 Å². The molecule has 0 aliphatic rings. The lowest BCUT2D eigenvalue weighted by molar-refractivity contribution is -0.142. The van der Waals surface area contributed by atoms with Crippen LogP contribution in [0.1, 0.15) is 20.3 Å². The predicted octanol–water partition coefficient (Wildman–Crippen LogP) is 2.22. The first-order valence-electron chi connectivity index (χ1n) is 6.17. The Hall–Kier alpha value is -2.04. The fraction of sp³-hybridized carbons (Fsp3) is 0.429. The second-order valence-corrected chi connectivity index (χ2v) is 4.19. The van der Waals surface area contributed by atoms with Crippen LogP contribution in [-0.4, -0.2) is 25.6 Å². The van der Waals surface area contributed by atoms with Gasteiger partial charge < -0.3 is 14.8 Å². The first kappa shape index (κ1) is 15.0. The molecule has 104 valence electrons. The molecule has 1 atom stereocenters. The van der Waals surface area contributed by atoms with Gasteiger partial charge in [-0.3, -0.25) is 4.79 Å². The third-order valence-corrected chi connectivity index (χ3v) is 2.75. The molecule has 0 aliphatic heterocycles. The molecule has 0 bridgehead atoms. The highest BCUT2D eigenvalue weighted by atomic mass is 16.6. The molecule has 0 heterocycles. The molecule has 0 fully saturated rings. The van der Waals surface area contributed by atoms with Gasteiger partial charge in [-0.1, -0.05) is 19.9 Å². The summed E-state index contributed by atoms with van der Waals surface area (Å²) in [5.41, 5.74) is 0.646. The Kier molecular flexibility index (Phi) is 5.85. The lowest BCUT2D eigenvalue weighted by Crippen LogP contribution is -2.19. The third-order valence-electron chi connectivity index (χ3n) is 2.75. The second-order valence-electron chi connectivity index (χ2n) is 4.19. The molecule has 5 heteroatoms. The second kappa shape index (κ2) is 7.41. The van der Waals surface area contributed by atoms with Crippen molar-refractivity contribution in [2.45, 2.75) is 20.3 Å². The van der Waals surface area contributed by atoms with E-state index in [2.05, 4.69) is 10.1 Å². The van der Waals surface area contributed by atoms with Crippen LogP contribution in [-0.2, 0) is 14.3 Å². The minimum Gasteiger partial charge on any atom is -0.482 e. The minimum absolute atomic E-state index is 0.0346. The van der Waals surface area contributed by atoms with Crippen LogP contribution in [0.3, 0.4) is 0 Å². The predicted molar refractivity (Wildman–Crippen MR) is 72.0 cm³/mol. The molecule has 1 unspecified atom stereocenters. The van der Waals surface area contributed by atoms with Crippen molar-refractivity contribution in [3.8, 4) is 5.75 Å². The van der Waals surface area contributed by atoms with Crippen molar-refractivity contribution >= 4 is 17.6 Å². The number of hydrogen-bond acceptors (Lipinski definition) is 4. The molecule has 0 radical (unpaired) electrons. The third kappa shape index (κ3) is 4.99. The number of carbonyl (C=O) groups excluding carboxylic acids is 2. The number of nitrogens with one attached hydrogen (secondary N) is 1. The van der Waals surface area contributed by atoms with Gasteiger partial charge in [-0.25, -0.2) is 4.79 Å². The normalized spacial score (nSPS) is 11.5. The van der Waals surface area contributed by atoms with Crippen molar-refractivity contribution in [3.05, 3.63) is 24.3 Å². The fourth-order valence-electron chi connectivity index (χ4n) is 1.32. The van der Waals surface area contributed by atoms with Crippen LogP contribution in [0, 0.1) is 5.92 Å². The van der Waals surface area contributed by atoms with E-state index in [0.717, 1.165) is 6.42 Å². The monoisotopic (exact) mass is 265 g/mol. The Balaban J connectivity index is 2.61. The number of esters is 1. The van der Waals surface area contributed by atoms with Gasteiger partial charge in [-0.2, -0.15) is 0 Å². The van der Waals surface area contributed by atoms with Crippen LogP contribution in [0.15, 0.2) is 24.3 Å². The van der Waals surface area contributed by atoms with Gasteiger partial charge in [0.1, 0.15) is 5.75 Å². The number of rotatable bonds is 6. The van der Waals surface area contributed by atoms with Crippen molar-refractivity contribution in [1.82, 2.24) is 0 Å². The Morgan fingerprint density at radius 3 is 2.74 bits per heavy atom. The molecular formula is C14H19NO4. The van der Waals surface area contributed by atoms with Crippen LogP contribution in [0.4, 0.5) is 5.69 Å². The van der Waals surface area contributed by atoms with E-state index in [9.17, 15) is 9.59 Å². The highest BCUT2D eigenvalue weighted by molar-refractivity contribution is 5.92. The first-order valence-corrected chi connectivity index (χ1v) is 6.17. The molecular weight excluding hydrogens is 246 g/mol. The van der Waals surface area contributed by atoms with Crippen molar-refractivity contribution in [1.29, 1.82) is 0 Å². The SMILES string of the molecule is CCC(C)C(=O)Nc1cccc(OCC(=O)OC)c1. The summed E-state index contributed by atoms with van der Waals surface area (Å²) in [5, 5.41) is 2.80. The summed E-state index contributed by atoms with van der Waals surface area (Å²) < 4.78 is 9.72. The maximum Gasteiger partial charge on any atom is 0.343 e. The highest BCUT2D eigenvalue weighted by Gasteiger charge is 2.10. The topological polar surface area (TPSA) is 64.6 Å². The molecule has 0 aromatic heterocycles. The van der Waals surface area contributed by atoms with E-state index in [1.807, 2.05) is 13.8 Å². The zero-order valence-electron chi connectivity index (χ0n) is 11.4. The quantitative estimate of drug-likeness (QED) is 0.801. The van der Waals surface area contributed by atoms with Crippen molar-refractivity contribution in [2.24, 2.45) is 5.92 Å². The fourth-order valence-corrected chi connectivity index (χ4v) is 1.32. The van der Waals surface area contributed by atoms with Gasteiger partial charge in [-0.15, -0.1) is 0 Å². The molecule has 0 aliphatic carbocycles. The van der Waals surface area contributed by atoms with Crippen molar-refractivity contribution in [3.63, 3.8) is 0 Å². The van der Waals surface area contributed by atoms with Gasteiger partial charge in [0.2, 0.25) is 5.91 Å². The zero-order valence-corrected chi connectivity index (χ0v) is 11.4. The molecule has 0 saturated heterocycles.